The average molecular weight is 1940 g/mol. The number of hydrogen-bond donors (Lipinski definition) is 0. The van der Waals surface area contributed by atoms with Crippen molar-refractivity contribution in [2.75, 3.05) is 0 Å². The van der Waals surface area contributed by atoms with Gasteiger partial charge in [-0.1, -0.05) is 264 Å². The first-order chi connectivity index (χ1) is 69.0. The standard InChI is InChI=1S/C24H27N2.2C21H21N2O.2C20H21N2OSi.C18H15N2O2/c1-16-13-20-21(14-17(16)22-15-25-11-12-26(22)6)24(4,5)19-10-8-7-9-18(19)23(20,2)3;1-14-9-10-18-20(19(14)16-11-12-22-13-23(16)4)21(2,3)15-7-5-6-8-17(15)24-18;1-14-9-10-16-20(19(14)17-11-12-22-13-23(17)4)24-18-8-6-5-7-15(18)21(16,2)3;1-14-9-10-17-20(19(14)15-11-12-21-13-22(15)2)24(3,4)18-8-6-5-7-16(18)23-17;1-14-9-10-18-20(19(14)15-11-12-21-13-22(15)2)23-16-7-5-6-8-17(16)24(18,3)4;1-12-7-8-16-18(17(12)13-9-10-19-11-20(13)2)22-15-6-4-3-5-14(15)21-16/h7-15H,1-6H3;4*5-13H,1-4H3;3-11H,1-2H3/q6*+1. The van der Waals surface area contributed by atoms with Crippen LogP contribution in [-0.4, -0.2) is 46.1 Å². The minimum absolute atomic E-state index is 0.00185. The van der Waals surface area contributed by atoms with Crippen molar-refractivity contribution in [2.24, 2.45) is 42.3 Å². The first kappa shape index (κ1) is 97.2. The van der Waals surface area contributed by atoms with Gasteiger partial charge in [0.15, 0.2) is 29.2 Å². The molecule has 24 rings (SSSR count). The van der Waals surface area contributed by atoms with E-state index in [-0.39, 0.29) is 21.7 Å². The number of aryl methyl sites for hydroxylation is 12. The molecular weight excluding hydrogens is 1810 g/mol. The summed E-state index contributed by atoms with van der Waals surface area (Å²) >= 11 is 0. The Morgan fingerprint density at radius 2 is 0.590 bits per heavy atom. The summed E-state index contributed by atoms with van der Waals surface area (Å²) in [4.78, 5) is 25.3. The average Bonchev–Trinajstić information content (AvgIpc) is 0.705. The minimum atomic E-state index is -1.87. The van der Waals surface area contributed by atoms with Crippen LogP contribution in [0.25, 0.3) is 67.5 Å². The Hall–Kier alpha value is -15.6. The third-order valence-corrected chi connectivity index (χ3v) is 37.0. The van der Waals surface area contributed by atoms with Gasteiger partial charge in [-0.2, -0.15) is 4.57 Å². The van der Waals surface area contributed by atoms with Crippen LogP contribution in [0, 0.1) is 41.5 Å². The summed E-state index contributed by atoms with van der Waals surface area (Å²) in [6, 6.07) is 86.6. The molecule has 0 saturated heterocycles. The van der Waals surface area contributed by atoms with E-state index >= 15 is 0 Å². The molecule has 0 fully saturated rings. The van der Waals surface area contributed by atoms with Crippen molar-refractivity contribution in [3.63, 3.8) is 0 Å². The highest BCUT2D eigenvalue weighted by Crippen LogP contribution is 2.57. The molecule has 0 radical (unpaired) electrons. The number of hydrogen-bond acceptors (Lipinski definition) is 12. The van der Waals surface area contributed by atoms with Gasteiger partial charge >= 0.3 is 0 Å². The summed E-state index contributed by atoms with van der Waals surface area (Å²) in [7, 11) is 8.52. The Bertz CT molecular complexity index is 7800. The van der Waals surface area contributed by atoms with Crippen molar-refractivity contribution in [1.29, 1.82) is 0 Å². The van der Waals surface area contributed by atoms with Crippen LogP contribution in [0.2, 0.25) is 26.2 Å². The third kappa shape index (κ3) is 17.4. The summed E-state index contributed by atoms with van der Waals surface area (Å²) in [6.45, 7) is 41.0. The molecule has 720 valence electrons. The first-order valence-electron chi connectivity index (χ1n) is 49.3. The second kappa shape index (κ2) is 38.3. The van der Waals surface area contributed by atoms with Gasteiger partial charge in [-0.25, -0.2) is 22.8 Å². The molecule has 20 heteroatoms. The molecule has 11 heterocycles. The van der Waals surface area contributed by atoms with E-state index < -0.39 is 16.1 Å². The molecule has 18 nitrogen and oxygen atoms in total. The first-order valence-corrected chi connectivity index (χ1v) is 55.3. The maximum absolute atomic E-state index is 6.44. The van der Waals surface area contributed by atoms with Crippen LogP contribution in [0.15, 0.2) is 330 Å². The molecule has 144 heavy (non-hydrogen) atoms. The van der Waals surface area contributed by atoms with Crippen molar-refractivity contribution in [2.45, 2.75) is 145 Å². The van der Waals surface area contributed by atoms with E-state index in [1.165, 1.54) is 121 Å². The molecule has 1 aliphatic carbocycles. The minimum Gasteiger partial charge on any atom is -0.458 e. The van der Waals surface area contributed by atoms with E-state index in [9.17, 15) is 0 Å². The van der Waals surface area contributed by atoms with Crippen molar-refractivity contribution < 1.29 is 55.8 Å². The number of nitrogens with zero attached hydrogens (tertiary/aromatic N) is 12. The molecule has 0 spiro atoms. The third-order valence-electron chi connectivity index (χ3n) is 30.0. The molecule has 6 aromatic heterocycles. The highest BCUT2D eigenvalue weighted by Gasteiger charge is 2.46. The lowest BCUT2D eigenvalue weighted by molar-refractivity contribution is -0.663. The summed E-state index contributed by atoms with van der Waals surface area (Å²) in [5.74, 6) is 10.8. The maximum atomic E-state index is 6.44. The largest absolute Gasteiger partial charge is 0.458 e. The normalized spacial score (nSPS) is 14.5. The van der Waals surface area contributed by atoms with Crippen LogP contribution in [0.1, 0.15) is 133 Å². The highest BCUT2D eigenvalue weighted by atomic mass is 28.3. The summed E-state index contributed by atoms with van der Waals surface area (Å²) in [5.41, 5.74) is 31.6. The van der Waals surface area contributed by atoms with Crippen molar-refractivity contribution in [3.8, 4) is 137 Å². The molecule has 12 aromatic carbocycles. The molecule has 5 aliphatic heterocycles. The van der Waals surface area contributed by atoms with Crippen molar-refractivity contribution >= 4 is 36.9 Å². The lowest BCUT2D eigenvalue weighted by atomic mass is 9.59. The zero-order valence-corrected chi connectivity index (χ0v) is 89.0. The fourth-order valence-corrected chi connectivity index (χ4v) is 28.0. The summed E-state index contributed by atoms with van der Waals surface area (Å²) < 4.78 is 49.9. The Kier molecular flexibility index (Phi) is 25.9. The maximum Gasteiger partial charge on any atom is 0.286 e. The predicted molar refractivity (Wildman–Crippen MR) is 575 cm³/mol. The number of benzene rings is 12. The monoisotopic (exact) mass is 1930 g/mol. The quantitative estimate of drug-likeness (QED) is 0.115. The van der Waals surface area contributed by atoms with Crippen LogP contribution < -0.4 is 76.6 Å². The molecule has 0 N–H and O–H groups in total. The Balaban J connectivity index is 0.000000109. The Labute approximate surface area is 848 Å². The number of aromatic nitrogens is 12. The molecular formula is C124H126N12O6Si2+6. The predicted octanol–water partition coefficient (Wildman–Crippen LogP) is 22.9. The van der Waals surface area contributed by atoms with Crippen LogP contribution in [0.5, 0.6) is 69.0 Å². The van der Waals surface area contributed by atoms with E-state index in [4.69, 9.17) is 28.4 Å². The SMILES string of the molecule is Cc1cc2c(cc1-c1cncc[n+]1C)C(C)(C)c1ccccc1C2(C)C.Cc1ccc2c(c1-c1ccnc[n+]1C)C(C)(C)c1ccccc1O2.Cc1ccc2c(c1-c1ccnc[n+]1C)Oc1ccccc1C2(C)C.Cc1ccc2c(c1-c1ccnc[n+]1C)Oc1ccccc1O2.Cc1ccc2c(c1-c1ccnc[n+]1C)Oc1ccccc1[Si]2(C)C.Cc1ccc2c(c1-c1ccnc[n+]1C)[Si](C)(C)c1ccccc1O2. The van der Waals surface area contributed by atoms with Gasteiger partial charge in [0.2, 0.25) is 5.69 Å². The van der Waals surface area contributed by atoms with Gasteiger partial charge in [-0.15, -0.1) is 0 Å². The number of rotatable bonds is 6. The topological polar surface area (TPSA) is 156 Å². The van der Waals surface area contributed by atoms with E-state index in [1.54, 1.807) is 12.5 Å². The molecule has 6 aliphatic rings. The van der Waals surface area contributed by atoms with Crippen LogP contribution in [0.3, 0.4) is 0 Å². The van der Waals surface area contributed by atoms with Crippen LogP contribution in [-0.2, 0) is 63.9 Å². The number of para-hydroxylation sites is 6. The second-order valence-corrected chi connectivity index (χ2v) is 50.2. The molecule has 0 saturated carbocycles. The van der Waals surface area contributed by atoms with Crippen molar-refractivity contribution in [3.05, 3.63) is 408 Å². The van der Waals surface area contributed by atoms with Gasteiger partial charge in [0.1, 0.15) is 129 Å². The Morgan fingerprint density at radius 1 is 0.236 bits per heavy atom. The second-order valence-electron chi connectivity index (χ2n) is 41.6. The number of fused-ring (bicyclic) bond motifs is 12. The fraction of sp³-hybridized carbons (Fsp3) is 0.226. The zero-order chi connectivity index (χ0) is 101. The summed E-state index contributed by atoms with van der Waals surface area (Å²) in [5, 5.41) is 5.47. The smallest absolute Gasteiger partial charge is 0.286 e. The van der Waals surface area contributed by atoms with Gasteiger partial charge in [0, 0.05) is 85.4 Å². The van der Waals surface area contributed by atoms with Crippen LogP contribution >= 0.6 is 0 Å². The molecule has 18 aromatic rings. The van der Waals surface area contributed by atoms with E-state index in [2.05, 4.69) is 354 Å². The van der Waals surface area contributed by atoms with Gasteiger partial charge in [-0.05, 0) is 179 Å². The molecule has 0 amide bonds. The van der Waals surface area contributed by atoms with E-state index in [0.29, 0.717) is 0 Å². The van der Waals surface area contributed by atoms with Crippen LogP contribution in [0.4, 0.5) is 0 Å². The zero-order valence-electron chi connectivity index (χ0n) is 87.0. The van der Waals surface area contributed by atoms with E-state index in [1.807, 2.05) is 186 Å². The lowest BCUT2D eigenvalue weighted by Gasteiger charge is -2.44. The molecule has 0 bridgehead atoms. The van der Waals surface area contributed by atoms with Gasteiger partial charge in [-0.3, -0.25) is 4.98 Å². The highest BCUT2D eigenvalue weighted by molar-refractivity contribution is 7.03. The number of ether oxygens (including phenoxy) is 6. The van der Waals surface area contributed by atoms with Gasteiger partial charge < -0.3 is 28.4 Å². The van der Waals surface area contributed by atoms with Crippen molar-refractivity contribution in [1.82, 2.24) is 29.9 Å². The van der Waals surface area contributed by atoms with E-state index in [0.717, 1.165) is 114 Å². The summed E-state index contributed by atoms with van der Waals surface area (Å²) in [6.07, 6.45) is 24.1. The molecule has 0 unspecified atom stereocenters. The Morgan fingerprint density at radius 3 is 1.11 bits per heavy atom. The van der Waals surface area contributed by atoms with Gasteiger partial charge in [0.25, 0.3) is 31.6 Å². The lowest BCUT2D eigenvalue weighted by Crippen LogP contribution is -2.57. The molecule has 0 atom stereocenters. The fourth-order valence-electron chi connectivity index (χ4n) is 22.0. The van der Waals surface area contributed by atoms with Gasteiger partial charge in [0.05, 0.1) is 69.9 Å².